The minimum Gasteiger partial charge on any atom is -0.356 e. The van der Waals surface area contributed by atoms with Crippen molar-refractivity contribution in [3.8, 4) is 0 Å². The standard InChI is InChI=1S/C23H25N3O3S2/c27-23(22-15-20(16-24-22)31(28,29)26-11-13-30-14-12-26)25-17-21(18-7-3-1-4-8-18)19-9-5-2-6-10-19/h1-10,15-16,21,24H,11-14,17H2,(H,25,27). The summed E-state index contributed by atoms with van der Waals surface area (Å²) in [6.45, 7) is 1.39. The lowest BCUT2D eigenvalue weighted by Gasteiger charge is -2.24. The molecule has 1 amide bonds. The minimum atomic E-state index is -3.58. The minimum absolute atomic E-state index is 0.00429. The molecule has 31 heavy (non-hydrogen) atoms. The molecule has 3 aromatic rings. The van der Waals surface area contributed by atoms with Crippen LogP contribution >= 0.6 is 11.8 Å². The number of rotatable bonds is 7. The van der Waals surface area contributed by atoms with Gasteiger partial charge in [0.15, 0.2) is 0 Å². The SMILES string of the molecule is O=C(NCC(c1ccccc1)c1ccccc1)c1cc(S(=O)(=O)N2CCSCC2)c[nH]1. The quantitative estimate of drug-likeness (QED) is 0.573. The molecule has 0 spiro atoms. The van der Waals surface area contributed by atoms with Crippen LogP contribution in [0.25, 0.3) is 0 Å². The van der Waals surface area contributed by atoms with E-state index in [0.717, 1.165) is 22.6 Å². The van der Waals surface area contributed by atoms with Crippen molar-refractivity contribution in [3.63, 3.8) is 0 Å². The third kappa shape index (κ3) is 5.03. The monoisotopic (exact) mass is 455 g/mol. The van der Waals surface area contributed by atoms with Crippen LogP contribution in [0.2, 0.25) is 0 Å². The van der Waals surface area contributed by atoms with Crippen molar-refractivity contribution in [1.29, 1.82) is 0 Å². The average molecular weight is 456 g/mol. The van der Waals surface area contributed by atoms with E-state index in [1.165, 1.54) is 16.6 Å². The van der Waals surface area contributed by atoms with Crippen LogP contribution < -0.4 is 5.32 Å². The van der Waals surface area contributed by atoms with Crippen LogP contribution in [0.3, 0.4) is 0 Å². The number of sulfonamides is 1. The van der Waals surface area contributed by atoms with Crippen molar-refractivity contribution in [1.82, 2.24) is 14.6 Å². The second-order valence-corrected chi connectivity index (χ2v) is 10.5. The summed E-state index contributed by atoms with van der Waals surface area (Å²) in [5.41, 5.74) is 2.45. The molecule has 6 nitrogen and oxygen atoms in total. The van der Waals surface area contributed by atoms with E-state index in [0.29, 0.717) is 19.6 Å². The number of thioether (sulfide) groups is 1. The van der Waals surface area contributed by atoms with Crippen LogP contribution in [-0.2, 0) is 10.0 Å². The highest BCUT2D eigenvalue weighted by molar-refractivity contribution is 7.99. The Morgan fingerprint density at radius 1 is 1.00 bits per heavy atom. The highest BCUT2D eigenvalue weighted by Gasteiger charge is 2.28. The van der Waals surface area contributed by atoms with E-state index in [9.17, 15) is 13.2 Å². The smallest absolute Gasteiger partial charge is 0.267 e. The molecule has 0 atom stereocenters. The number of nitrogens with zero attached hydrogens (tertiary/aromatic N) is 1. The molecule has 1 fully saturated rings. The Bertz CT molecular complexity index is 1070. The molecule has 162 valence electrons. The molecule has 2 N–H and O–H groups in total. The zero-order chi connectivity index (χ0) is 21.7. The fourth-order valence-corrected chi connectivity index (χ4v) is 6.25. The third-order valence-corrected chi connectivity index (χ3v) is 8.20. The highest BCUT2D eigenvalue weighted by atomic mass is 32.2. The van der Waals surface area contributed by atoms with Gasteiger partial charge in [0.05, 0.1) is 0 Å². The zero-order valence-electron chi connectivity index (χ0n) is 17.0. The highest BCUT2D eigenvalue weighted by Crippen LogP contribution is 2.24. The van der Waals surface area contributed by atoms with Crippen molar-refractivity contribution in [2.45, 2.75) is 10.8 Å². The Hall–Kier alpha value is -2.55. The second kappa shape index (κ2) is 9.72. The van der Waals surface area contributed by atoms with Crippen molar-refractivity contribution in [3.05, 3.63) is 89.7 Å². The van der Waals surface area contributed by atoms with Crippen LogP contribution in [-0.4, -0.2) is 54.8 Å². The Kier molecular flexibility index (Phi) is 6.80. The number of aromatic nitrogens is 1. The van der Waals surface area contributed by atoms with Gasteiger partial charge in [0.2, 0.25) is 10.0 Å². The molecule has 1 aliphatic heterocycles. The number of carbonyl (C=O) groups is 1. The lowest BCUT2D eigenvalue weighted by Crippen LogP contribution is -2.37. The molecule has 0 saturated carbocycles. The van der Waals surface area contributed by atoms with Crippen LogP contribution in [0, 0.1) is 0 Å². The van der Waals surface area contributed by atoms with E-state index in [-0.39, 0.29) is 22.4 Å². The summed E-state index contributed by atoms with van der Waals surface area (Å²) in [6.07, 6.45) is 1.40. The van der Waals surface area contributed by atoms with E-state index >= 15 is 0 Å². The molecule has 1 saturated heterocycles. The molecule has 0 bridgehead atoms. The second-order valence-electron chi connectivity index (χ2n) is 7.35. The number of amides is 1. The summed E-state index contributed by atoms with van der Waals surface area (Å²) >= 11 is 1.75. The maximum atomic E-state index is 12.8. The van der Waals surface area contributed by atoms with Gasteiger partial charge in [0, 0.05) is 43.3 Å². The first kappa shape index (κ1) is 21.7. The van der Waals surface area contributed by atoms with E-state index in [1.807, 2.05) is 60.7 Å². The molecule has 0 unspecified atom stereocenters. The molecule has 8 heteroatoms. The Labute approximate surface area is 187 Å². The van der Waals surface area contributed by atoms with Gasteiger partial charge >= 0.3 is 0 Å². The van der Waals surface area contributed by atoms with Gasteiger partial charge in [-0.3, -0.25) is 4.79 Å². The zero-order valence-corrected chi connectivity index (χ0v) is 18.7. The lowest BCUT2D eigenvalue weighted by atomic mass is 9.91. The molecule has 2 aromatic carbocycles. The van der Waals surface area contributed by atoms with Gasteiger partial charge in [-0.05, 0) is 17.2 Å². The Morgan fingerprint density at radius 2 is 1.58 bits per heavy atom. The Balaban J connectivity index is 1.48. The molecule has 4 rings (SSSR count). The molecule has 1 aromatic heterocycles. The summed E-state index contributed by atoms with van der Waals surface area (Å²) in [5, 5.41) is 2.96. The molecule has 0 aliphatic carbocycles. The van der Waals surface area contributed by atoms with Gasteiger partial charge < -0.3 is 10.3 Å². The van der Waals surface area contributed by atoms with Crippen molar-refractivity contribution in [2.24, 2.45) is 0 Å². The van der Waals surface area contributed by atoms with Gasteiger partial charge in [-0.25, -0.2) is 8.42 Å². The summed E-state index contributed by atoms with van der Waals surface area (Å²) in [6, 6.07) is 21.4. The number of benzene rings is 2. The van der Waals surface area contributed by atoms with Crippen LogP contribution in [0.1, 0.15) is 27.5 Å². The fourth-order valence-electron chi connectivity index (χ4n) is 3.68. The van der Waals surface area contributed by atoms with Crippen LogP contribution in [0.15, 0.2) is 77.8 Å². The van der Waals surface area contributed by atoms with E-state index in [1.54, 1.807) is 11.8 Å². The molecule has 0 radical (unpaired) electrons. The first-order valence-electron chi connectivity index (χ1n) is 10.2. The van der Waals surface area contributed by atoms with Crippen molar-refractivity contribution >= 4 is 27.7 Å². The number of nitrogens with one attached hydrogen (secondary N) is 2. The number of H-pyrrole nitrogens is 1. The molecular weight excluding hydrogens is 430 g/mol. The summed E-state index contributed by atoms with van der Waals surface area (Å²) < 4.78 is 27.1. The largest absolute Gasteiger partial charge is 0.356 e. The van der Waals surface area contributed by atoms with E-state index in [4.69, 9.17) is 0 Å². The number of hydrogen-bond acceptors (Lipinski definition) is 4. The van der Waals surface area contributed by atoms with Crippen molar-refractivity contribution < 1.29 is 13.2 Å². The number of hydrogen-bond donors (Lipinski definition) is 2. The summed E-state index contributed by atoms with van der Waals surface area (Å²) in [5.74, 6) is 1.25. The first-order valence-corrected chi connectivity index (χ1v) is 12.8. The summed E-state index contributed by atoms with van der Waals surface area (Å²) in [4.78, 5) is 15.7. The van der Waals surface area contributed by atoms with Crippen molar-refractivity contribution in [2.75, 3.05) is 31.1 Å². The first-order chi connectivity index (χ1) is 15.1. The normalized spacial score (nSPS) is 15.1. The average Bonchev–Trinajstić information content (AvgIpc) is 3.33. The number of aromatic amines is 1. The van der Waals surface area contributed by atoms with Gasteiger partial charge in [-0.1, -0.05) is 60.7 Å². The third-order valence-electron chi connectivity index (χ3n) is 5.38. The molecular formula is C23H25N3O3S2. The van der Waals surface area contributed by atoms with Gasteiger partial charge in [-0.15, -0.1) is 0 Å². The predicted molar refractivity (Wildman–Crippen MR) is 124 cm³/mol. The summed E-state index contributed by atoms with van der Waals surface area (Å²) in [7, 11) is -3.58. The fraction of sp³-hybridized carbons (Fsp3) is 0.261. The molecule has 2 heterocycles. The van der Waals surface area contributed by atoms with Crippen LogP contribution in [0.5, 0.6) is 0 Å². The van der Waals surface area contributed by atoms with E-state index < -0.39 is 10.0 Å². The number of carbonyl (C=O) groups excluding carboxylic acids is 1. The maximum absolute atomic E-state index is 12.8. The Morgan fingerprint density at radius 3 is 2.16 bits per heavy atom. The van der Waals surface area contributed by atoms with Gasteiger partial charge in [-0.2, -0.15) is 16.1 Å². The van der Waals surface area contributed by atoms with Gasteiger partial charge in [0.25, 0.3) is 5.91 Å². The maximum Gasteiger partial charge on any atom is 0.267 e. The van der Waals surface area contributed by atoms with E-state index in [2.05, 4.69) is 10.3 Å². The topological polar surface area (TPSA) is 82.3 Å². The molecule has 1 aliphatic rings. The van der Waals surface area contributed by atoms with Crippen LogP contribution in [0.4, 0.5) is 0 Å². The van der Waals surface area contributed by atoms with Gasteiger partial charge in [0.1, 0.15) is 10.6 Å². The lowest BCUT2D eigenvalue weighted by molar-refractivity contribution is 0.0948. The predicted octanol–water partition coefficient (Wildman–Crippen LogP) is 3.31.